The molecule has 7 nitrogen and oxygen atoms in total. The van der Waals surface area contributed by atoms with Crippen LogP contribution in [0.2, 0.25) is 0 Å². The second-order valence-electron chi connectivity index (χ2n) is 10.5. The van der Waals surface area contributed by atoms with E-state index in [0.717, 1.165) is 49.2 Å². The van der Waals surface area contributed by atoms with Crippen LogP contribution in [-0.2, 0) is 4.79 Å². The Morgan fingerprint density at radius 1 is 0.816 bits per heavy atom. The molecule has 206 valence electrons. The van der Waals surface area contributed by atoms with Crippen molar-refractivity contribution in [3.63, 3.8) is 0 Å². The lowest BCUT2D eigenvalue weighted by Crippen LogP contribution is -2.45. The summed E-state index contributed by atoms with van der Waals surface area (Å²) in [7, 11) is 3.21. The summed E-state index contributed by atoms with van der Waals surface area (Å²) in [5.41, 5.74) is 2.42. The molecule has 0 aromatic heterocycles. The Hall–Kier alpha value is -3.48. The molecule has 3 aliphatic heterocycles. The molecule has 3 saturated heterocycles. The number of piperidine rings is 3. The van der Waals surface area contributed by atoms with Crippen molar-refractivity contribution in [2.45, 2.75) is 40.5 Å². The summed E-state index contributed by atoms with van der Waals surface area (Å²) in [6.45, 7) is 11.7. The molecular formula is C31H41NO6. The molecule has 2 aromatic rings. The maximum atomic E-state index is 12.4. The van der Waals surface area contributed by atoms with Crippen molar-refractivity contribution in [2.24, 2.45) is 17.8 Å². The van der Waals surface area contributed by atoms with Gasteiger partial charge in [0.25, 0.3) is 0 Å². The molecule has 5 rings (SSSR count). The van der Waals surface area contributed by atoms with E-state index < -0.39 is 0 Å². The molecule has 0 saturated carbocycles. The number of methoxy groups -OCH3 is 2. The van der Waals surface area contributed by atoms with E-state index in [0.29, 0.717) is 53.6 Å². The third-order valence-corrected chi connectivity index (χ3v) is 6.42. The number of nitrogens with zero attached hydrogens (tertiary/aromatic N) is 1. The number of rotatable bonds is 10. The molecule has 2 aromatic carbocycles. The van der Waals surface area contributed by atoms with Crippen LogP contribution in [0.3, 0.4) is 0 Å². The fourth-order valence-corrected chi connectivity index (χ4v) is 4.35. The van der Waals surface area contributed by atoms with Crippen LogP contribution in [0.4, 0.5) is 0 Å². The largest absolute Gasteiger partial charge is 0.493 e. The van der Waals surface area contributed by atoms with Gasteiger partial charge >= 0.3 is 0 Å². The van der Waals surface area contributed by atoms with Gasteiger partial charge in [-0.2, -0.15) is 0 Å². The number of hydrogen-bond acceptors (Lipinski definition) is 7. The lowest BCUT2D eigenvalue weighted by atomic mass is 9.84. The van der Waals surface area contributed by atoms with E-state index in [1.54, 1.807) is 32.4 Å². The SMILES string of the molecule is COc1cc(/C=C2\C(=O)C3CCN2CC3)ccc1OCC(C)C.COc1cc(C=O)ccc1OCC(C)C. The van der Waals surface area contributed by atoms with E-state index in [4.69, 9.17) is 18.9 Å². The standard InChI is InChI=1S/C19H25NO3.C12H16O3/c1-13(2)12-23-17-5-4-14(11-18(17)22-3)10-16-19(21)15-6-8-20(16)9-7-15;1-9(2)8-15-11-5-4-10(7-13)6-12(11)14-3/h4-5,10-11,13,15H,6-9,12H2,1-3H3;4-7,9H,8H2,1-3H3/b16-10+;. The molecule has 3 heterocycles. The van der Waals surface area contributed by atoms with Gasteiger partial charge in [-0.05, 0) is 66.6 Å². The van der Waals surface area contributed by atoms with Crippen molar-refractivity contribution >= 4 is 18.1 Å². The topological polar surface area (TPSA) is 74.3 Å². The Morgan fingerprint density at radius 3 is 1.76 bits per heavy atom. The van der Waals surface area contributed by atoms with Crippen LogP contribution in [0.1, 0.15) is 56.5 Å². The first-order chi connectivity index (χ1) is 18.2. The van der Waals surface area contributed by atoms with Crippen molar-refractivity contribution in [2.75, 3.05) is 40.5 Å². The molecule has 3 aliphatic rings. The fraction of sp³-hybridized carbons (Fsp3) is 0.484. The quantitative estimate of drug-likeness (QED) is 0.283. The summed E-state index contributed by atoms with van der Waals surface area (Å²) in [5, 5.41) is 0. The van der Waals surface area contributed by atoms with Crippen LogP contribution in [0.5, 0.6) is 23.0 Å². The molecule has 0 unspecified atom stereocenters. The van der Waals surface area contributed by atoms with Crippen molar-refractivity contribution in [3.05, 3.63) is 53.2 Å². The minimum Gasteiger partial charge on any atom is -0.493 e. The third-order valence-electron chi connectivity index (χ3n) is 6.42. The van der Waals surface area contributed by atoms with Crippen LogP contribution >= 0.6 is 0 Å². The first kappa shape index (κ1) is 29.1. The zero-order chi connectivity index (χ0) is 27.7. The predicted octanol–water partition coefficient (Wildman–Crippen LogP) is 5.91. The highest BCUT2D eigenvalue weighted by molar-refractivity contribution is 6.02. The summed E-state index contributed by atoms with van der Waals surface area (Å²) in [4.78, 5) is 25.2. The van der Waals surface area contributed by atoms with Gasteiger partial charge in [0.15, 0.2) is 28.8 Å². The van der Waals surface area contributed by atoms with Gasteiger partial charge in [0, 0.05) is 24.6 Å². The molecule has 38 heavy (non-hydrogen) atoms. The number of aldehydes is 1. The molecule has 0 amide bonds. The molecule has 2 bridgehead atoms. The van der Waals surface area contributed by atoms with Crippen LogP contribution in [0, 0.1) is 17.8 Å². The number of ketones is 1. The van der Waals surface area contributed by atoms with Crippen LogP contribution in [-0.4, -0.2) is 57.5 Å². The fourth-order valence-electron chi connectivity index (χ4n) is 4.35. The average Bonchev–Trinajstić information content (AvgIpc) is 2.93. The Balaban J connectivity index is 0.000000232. The molecular weight excluding hydrogens is 482 g/mol. The highest BCUT2D eigenvalue weighted by Crippen LogP contribution is 2.34. The summed E-state index contributed by atoms with van der Waals surface area (Å²) in [6.07, 6.45) is 4.78. The third kappa shape index (κ3) is 7.76. The Kier molecular flexibility index (Phi) is 10.6. The molecule has 7 heteroatoms. The monoisotopic (exact) mass is 523 g/mol. The van der Waals surface area contributed by atoms with Gasteiger partial charge in [-0.3, -0.25) is 9.59 Å². The van der Waals surface area contributed by atoms with E-state index in [1.807, 2.05) is 24.3 Å². The van der Waals surface area contributed by atoms with E-state index in [-0.39, 0.29) is 5.92 Å². The molecule has 0 aliphatic carbocycles. The minimum absolute atomic E-state index is 0.224. The maximum absolute atomic E-state index is 12.4. The molecule has 0 N–H and O–H groups in total. The van der Waals surface area contributed by atoms with Crippen molar-refractivity contribution in [1.82, 2.24) is 4.90 Å². The summed E-state index contributed by atoms with van der Waals surface area (Å²) < 4.78 is 21.9. The molecule has 0 atom stereocenters. The number of ether oxygens (including phenoxy) is 4. The number of hydrogen-bond donors (Lipinski definition) is 0. The zero-order valence-corrected chi connectivity index (χ0v) is 23.5. The number of Topliss-reactive ketones (excluding diaryl/α,β-unsaturated/α-hetero) is 1. The lowest BCUT2D eigenvalue weighted by molar-refractivity contribution is -0.125. The smallest absolute Gasteiger partial charge is 0.182 e. The average molecular weight is 524 g/mol. The predicted molar refractivity (Wildman–Crippen MR) is 149 cm³/mol. The molecule has 3 fully saturated rings. The second-order valence-corrected chi connectivity index (χ2v) is 10.5. The minimum atomic E-state index is 0.224. The van der Waals surface area contributed by atoms with E-state index in [1.165, 1.54) is 0 Å². The van der Waals surface area contributed by atoms with Gasteiger partial charge in [0.05, 0.1) is 33.1 Å². The molecule has 0 spiro atoms. The highest BCUT2D eigenvalue weighted by atomic mass is 16.5. The molecule has 0 radical (unpaired) electrons. The number of carbonyl (C=O) groups is 2. The summed E-state index contributed by atoms with van der Waals surface area (Å²) in [5.74, 6) is 4.18. The van der Waals surface area contributed by atoms with E-state index >= 15 is 0 Å². The number of carbonyl (C=O) groups excluding carboxylic acids is 2. The maximum Gasteiger partial charge on any atom is 0.182 e. The summed E-state index contributed by atoms with van der Waals surface area (Å²) >= 11 is 0. The van der Waals surface area contributed by atoms with Crippen LogP contribution in [0.15, 0.2) is 42.1 Å². The van der Waals surface area contributed by atoms with Gasteiger partial charge in [0.2, 0.25) is 0 Å². The zero-order valence-electron chi connectivity index (χ0n) is 23.5. The number of fused-ring (bicyclic) bond motifs is 3. The number of allylic oxidation sites excluding steroid dienone is 1. The Bertz CT molecular complexity index is 1120. The Labute approximate surface area is 226 Å². The summed E-state index contributed by atoms with van der Waals surface area (Å²) in [6, 6.07) is 11.0. The second kappa shape index (κ2) is 13.9. The normalized spacial score (nSPS) is 15.9. The first-order valence-electron chi connectivity index (χ1n) is 13.3. The van der Waals surface area contributed by atoms with Gasteiger partial charge in [-0.1, -0.05) is 33.8 Å². The van der Waals surface area contributed by atoms with Crippen LogP contribution < -0.4 is 18.9 Å². The van der Waals surface area contributed by atoms with Crippen molar-refractivity contribution in [1.29, 1.82) is 0 Å². The number of benzene rings is 2. The van der Waals surface area contributed by atoms with Crippen LogP contribution in [0.25, 0.3) is 6.08 Å². The van der Waals surface area contributed by atoms with Gasteiger partial charge in [0.1, 0.15) is 6.29 Å². The highest BCUT2D eigenvalue weighted by Gasteiger charge is 2.36. The van der Waals surface area contributed by atoms with E-state index in [2.05, 4.69) is 32.6 Å². The van der Waals surface area contributed by atoms with Gasteiger partial charge in [-0.25, -0.2) is 0 Å². The first-order valence-corrected chi connectivity index (χ1v) is 13.3. The van der Waals surface area contributed by atoms with E-state index in [9.17, 15) is 9.59 Å². The van der Waals surface area contributed by atoms with Crippen molar-refractivity contribution < 1.29 is 28.5 Å². The van der Waals surface area contributed by atoms with Gasteiger partial charge < -0.3 is 23.8 Å². The van der Waals surface area contributed by atoms with Crippen molar-refractivity contribution in [3.8, 4) is 23.0 Å². The van der Waals surface area contributed by atoms with Gasteiger partial charge in [-0.15, -0.1) is 0 Å². The lowest BCUT2D eigenvalue weighted by Gasteiger charge is -2.41. The Morgan fingerprint density at radius 2 is 1.32 bits per heavy atom.